The van der Waals surface area contributed by atoms with Crippen molar-refractivity contribution in [1.82, 2.24) is 24.8 Å². The summed E-state index contributed by atoms with van der Waals surface area (Å²) in [7, 11) is 0. The quantitative estimate of drug-likeness (QED) is 0.458. The Hall–Kier alpha value is -4.66. The van der Waals surface area contributed by atoms with Crippen molar-refractivity contribution in [2.45, 2.75) is 0 Å². The SMILES string of the molecule is O=C(Nn1c(-c2ccccc2)nc2c(-c3ccc(F)cc3)n[nH]c2c1=O)c1cccnc1. The molecule has 2 N–H and O–H groups in total. The molecule has 0 aliphatic carbocycles. The van der Waals surface area contributed by atoms with Crippen molar-refractivity contribution in [3.05, 3.63) is 101 Å². The molecule has 5 rings (SSSR count). The van der Waals surface area contributed by atoms with Crippen molar-refractivity contribution < 1.29 is 9.18 Å². The minimum atomic E-state index is -0.535. The van der Waals surface area contributed by atoms with E-state index in [1.54, 1.807) is 54.7 Å². The number of aromatic nitrogens is 5. The Morgan fingerprint density at radius 1 is 0.969 bits per heavy atom. The summed E-state index contributed by atoms with van der Waals surface area (Å²) >= 11 is 0. The molecule has 0 saturated heterocycles. The summed E-state index contributed by atoms with van der Waals surface area (Å²) in [4.78, 5) is 34.7. The van der Waals surface area contributed by atoms with Crippen LogP contribution in [-0.4, -0.2) is 30.7 Å². The molecule has 8 nitrogen and oxygen atoms in total. The molecule has 0 bridgehead atoms. The maximum absolute atomic E-state index is 13.4. The molecule has 9 heteroatoms. The number of hydrogen-bond acceptors (Lipinski definition) is 5. The van der Waals surface area contributed by atoms with Crippen LogP contribution in [0.4, 0.5) is 4.39 Å². The van der Waals surface area contributed by atoms with Crippen LogP contribution in [0.25, 0.3) is 33.7 Å². The first-order valence-corrected chi connectivity index (χ1v) is 9.65. The third kappa shape index (κ3) is 3.41. The number of pyridine rings is 1. The summed E-state index contributed by atoms with van der Waals surface area (Å²) in [5.41, 5.74) is 4.39. The second-order valence-electron chi connectivity index (χ2n) is 6.93. The monoisotopic (exact) mass is 426 g/mol. The van der Waals surface area contributed by atoms with E-state index in [1.807, 2.05) is 6.07 Å². The predicted molar refractivity (Wildman–Crippen MR) is 117 cm³/mol. The summed E-state index contributed by atoms with van der Waals surface area (Å²) in [6, 6.07) is 17.9. The first-order chi connectivity index (χ1) is 15.6. The molecule has 3 heterocycles. The maximum atomic E-state index is 13.4. The topological polar surface area (TPSA) is 106 Å². The first-order valence-electron chi connectivity index (χ1n) is 9.65. The van der Waals surface area contributed by atoms with Gasteiger partial charge in [0.15, 0.2) is 11.3 Å². The Bertz CT molecular complexity index is 1480. The molecule has 1 amide bonds. The van der Waals surface area contributed by atoms with Gasteiger partial charge < -0.3 is 0 Å². The van der Waals surface area contributed by atoms with Gasteiger partial charge >= 0.3 is 0 Å². The summed E-state index contributed by atoms with van der Waals surface area (Å²) in [6.45, 7) is 0. The maximum Gasteiger partial charge on any atom is 0.298 e. The van der Waals surface area contributed by atoms with Crippen molar-refractivity contribution in [3.8, 4) is 22.6 Å². The van der Waals surface area contributed by atoms with E-state index < -0.39 is 11.5 Å². The number of rotatable bonds is 4. The zero-order chi connectivity index (χ0) is 22.1. The third-order valence-corrected chi connectivity index (χ3v) is 4.87. The summed E-state index contributed by atoms with van der Waals surface area (Å²) in [5.74, 6) is -0.672. The lowest BCUT2D eigenvalue weighted by molar-refractivity contribution is 0.101. The van der Waals surface area contributed by atoms with Crippen LogP contribution in [0.3, 0.4) is 0 Å². The van der Waals surface area contributed by atoms with Gasteiger partial charge in [-0.1, -0.05) is 30.3 Å². The number of benzene rings is 2. The zero-order valence-corrected chi connectivity index (χ0v) is 16.5. The van der Waals surface area contributed by atoms with Crippen LogP contribution >= 0.6 is 0 Å². The molecule has 0 spiro atoms. The molecule has 32 heavy (non-hydrogen) atoms. The third-order valence-electron chi connectivity index (χ3n) is 4.87. The minimum Gasteiger partial charge on any atom is -0.270 e. The van der Waals surface area contributed by atoms with E-state index in [4.69, 9.17) is 0 Å². The van der Waals surface area contributed by atoms with Crippen molar-refractivity contribution >= 4 is 16.9 Å². The first kappa shape index (κ1) is 19.3. The Morgan fingerprint density at radius 3 is 2.47 bits per heavy atom. The van der Waals surface area contributed by atoms with Gasteiger partial charge in [0, 0.05) is 23.5 Å². The zero-order valence-electron chi connectivity index (χ0n) is 16.5. The van der Waals surface area contributed by atoms with E-state index in [-0.39, 0.29) is 22.7 Å². The van der Waals surface area contributed by atoms with E-state index in [0.29, 0.717) is 22.3 Å². The fourth-order valence-electron chi connectivity index (χ4n) is 3.31. The van der Waals surface area contributed by atoms with E-state index in [1.165, 1.54) is 18.3 Å². The Kier molecular flexibility index (Phi) is 4.75. The molecule has 0 fully saturated rings. The molecule has 0 atom stereocenters. The van der Waals surface area contributed by atoms with Crippen LogP contribution in [0, 0.1) is 5.82 Å². The summed E-state index contributed by atoms with van der Waals surface area (Å²) in [5, 5.41) is 6.92. The van der Waals surface area contributed by atoms with Gasteiger partial charge in [-0.15, -0.1) is 0 Å². The number of halogens is 1. The second kappa shape index (κ2) is 7.88. The van der Waals surface area contributed by atoms with E-state index in [9.17, 15) is 14.0 Å². The normalized spacial score (nSPS) is 10.9. The number of nitrogens with zero attached hydrogens (tertiary/aromatic N) is 4. The number of fused-ring (bicyclic) bond motifs is 1. The van der Waals surface area contributed by atoms with Crippen molar-refractivity contribution in [3.63, 3.8) is 0 Å². The fourth-order valence-corrected chi connectivity index (χ4v) is 3.31. The van der Waals surface area contributed by atoms with E-state index >= 15 is 0 Å². The smallest absolute Gasteiger partial charge is 0.270 e. The highest BCUT2D eigenvalue weighted by atomic mass is 19.1. The van der Waals surface area contributed by atoms with Crippen LogP contribution in [0.15, 0.2) is 83.9 Å². The molecule has 0 aliphatic heterocycles. The van der Waals surface area contributed by atoms with Crippen molar-refractivity contribution in [2.24, 2.45) is 0 Å². The van der Waals surface area contributed by atoms with Gasteiger partial charge in [-0.3, -0.25) is 25.1 Å². The fraction of sp³-hybridized carbons (Fsp3) is 0. The molecule has 0 unspecified atom stereocenters. The molecule has 5 aromatic rings. The molecular formula is C23H15FN6O2. The molecule has 3 aromatic heterocycles. The molecule has 0 saturated carbocycles. The van der Waals surface area contributed by atoms with Gasteiger partial charge in [-0.25, -0.2) is 9.37 Å². The van der Waals surface area contributed by atoms with Crippen LogP contribution in [-0.2, 0) is 0 Å². The lowest BCUT2D eigenvalue weighted by atomic mass is 10.1. The number of amides is 1. The predicted octanol–water partition coefficient (Wildman–Crippen LogP) is 3.37. The van der Waals surface area contributed by atoms with Crippen LogP contribution in [0.5, 0.6) is 0 Å². The van der Waals surface area contributed by atoms with Crippen LogP contribution in [0.1, 0.15) is 10.4 Å². The lowest BCUT2D eigenvalue weighted by Gasteiger charge is -2.13. The summed E-state index contributed by atoms with van der Waals surface area (Å²) in [6.07, 6.45) is 2.95. The number of H-pyrrole nitrogens is 1. The van der Waals surface area contributed by atoms with Crippen LogP contribution < -0.4 is 11.0 Å². The Balaban J connectivity index is 1.71. The van der Waals surface area contributed by atoms with Gasteiger partial charge in [0.25, 0.3) is 11.5 Å². The van der Waals surface area contributed by atoms with Gasteiger partial charge in [-0.05, 0) is 36.4 Å². The highest BCUT2D eigenvalue weighted by molar-refractivity contribution is 6.00. The van der Waals surface area contributed by atoms with Crippen LogP contribution in [0.2, 0.25) is 0 Å². The van der Waals surface area contributed by atoms with E-state index in [2.05, 4.69) is 25.6 Å². The standard InChI is InChI=1S/C23H15FN6O2/c24-17-10-8-14(9-11-17)18-19-20(28-27-18)23(32)30(21(26-19)15-5-2-1-3-6-15)29-22(31)16-7-4-12-25-13-16/h1-13H,(H,27,28)(H,29,31). The number of hydrogen-bond donors (Lipinski definition) is 2. The Labute approximate surface area is 180 Å². The van der Waals surface area contributed by atoms with Gasteiger partial charge in [0.2, 0.25) is 0 Å². The second-order valence-corrected chi connectivity index (χ2v) is 6.93. The molecule has 0 radical (unpaired) electrons. The van der Waals surface area contributed by atoms with Crippen molar-refractivity contribution in [2.75, 3.05) is 5.43 Å². The number of carbonyl (C=O) groups is 1. The number of carbonyl (C=O) groups excluding carboxylic acids is 1. The summed E-state index contributed by atoms with van der Waals surface area (Å²) < 4.78 is 14.4. The molecule has 0 aliphatic rings. The van der Waals surface area contributed by atoms with Gasteiger partial charge in [0.1, 0.15) is 17.0 Å². The average molecular weight is 426 g/mol. The highest BCUT2D eigenvalue weighted by Crippen LogP contribution is 2.26. The Morgan fingerprint density at radius 2 is 1.75 bits per heavy atom. The van der Waals surface area contributed by atoms with Crippen molar-refractivity contribution in [1.29, 1.82) is 0 Å². The molecular weight excluding hydrogens is 411 g/mol. The molecule has 156 valence electrons. The average Bonchev–Trinajstić information content (AvgIpc) is 3.26. The lowest BCUT2D eigenvalue weighted by Crippen LogP contribution is -2.35. The van der Waals surface area contributed by atoms with Gasteiger partial charge in [0.05, 0.1) is 5.56 Å². The number of nitrogens with one attached hydrogen (secondary N) is 2. The largest absolute Gasteiger partial charge is 0.298 e. The highest BCUT2D eigenvalue weighted by Gasteiger charge is 2.20. The minimum absolute atomic E-state index is 0.107. The van der Waals surface area contributed by atoms with E-state index in [0.717, 1.165) is 4.68 Å². The molecule has 2 aromatic carbocycles. The van der Waals surface area contributed by atoms with Gasteiger partial charge in [-0.2, -0.15) is 9.77 Å². The number of aromatic amines is 1.